The molecular weight excluding hydrogens is 236 g/mol. The van der Waals surface area contributed by atoms with Gasteiger partial charge in [-0.25, -0.2) is 0 Å². The summed E-state index contributed by atoms with van der Waals surface area (Å²) in [5.41, 5.74) is 5.95. The van der Waals surface area contributed by atoms with E-state index in [1.165, 1.54) is 19.3 Å². The van der Waals surface area contributed by atoms with Gasteiger partial charge in [0.25, 0.3) is 0 Å². The smallest absolute Gasteiger partial charge is 0.223 e. The van der Waals surface area contributed by atoms with E-state index < -0.39 is 0 Å². The Hall–Kier alpha value is -0.570. The molecule has 1 fully saturated rings. The monoisotopic (exact) mass is 268 g/mol. The van der Waals surface area contributed by atoms with Crippen LogP contribution in [-0.4, -0.2) is 18.5 Å². The van der Waals surface area contributed by atoms with Crippen LogP contribution in [0.1, 0.15) is 65.7 Å². The van der Waals surface area contributed by atoms with Crippen molar-refractivity contribution in [2.45, 2.75) is 71.8 Å². The molecule has 4 unspecified atom stereocenters. The summed E-state index contributed by atoms with van der Waals surface area (Å²) in [6.07, 6.45) is 7.84. The van der Waals surface area contributed by atoms with E-state index in [2.05, 4.69) is 26.1 Å². The lowest BCUT2D eigenvalue weighted by atomic mass is 9.77. The Morgan fingerprint density at radius 1 is 1.37 bits per heavy atom. The Bertz CT molecular complexity index is 267. The first kappa shape index (κ1) is 16.5. The molecular formula is C16H32N2O. The maximum atomic E-state index is 12.3. The van der Waals surface area contributed by atoms with Crippen molar-refractivity contribution in [1.29, 1.82) is 0 Å². The number of hydrogen-bond acceptors (Lipinski definition) is 2. The van der Waals surface area contributed by atoms with Gasteiger partial charge in [0.1, 0.15) is 0 Å². The zero-order valence-electron chi connectivity index (χ0n) is 13.0. The number of carbonyl (C=O) groups excluding carboxylic acids is 1. The van der Waals surface area contributed by atoms with Crippen LogP contribution in [0.5, 0.6) is 0 Å². The maximum absolute atomic E-state index is 12.3. The van der Waals surface area contributed by atoms with Crippen LogP contribution in [0.25, 0.3) is 0 Å². The lowest BCUT2D eigenvalue weighted by molar-refractivity contribution is -0.127. The van der Waals surface area contributed by atoms with Gasteiger partial charge in [0.05, 0.1) is 0 Å². The first-order valence-electron chi connectivity index (χ1n) is 8.11. The van der Waals surface area contributed by atoms with Crippen LogP contribution < -0.4 is 11.1 Å². The van der Waals surface area contributed by atoms with Crippen LogP contribution in [0, 0.1) is 17.8 Å². The van der Waals surface area contributed by atoms with E-state index in [-0.39, 0.29) is 11.8 Å². The van der Waals surface area contributed by atoms with E-state index in [1.54, 1.807) is 0 Å². The third kappa shape index (κ3) is 5.52. The largest absolute Gasteiger partial charge is 0.356 e. The Labute approximate surface area is 118 Å². The Kier molecular flexibility index (Phi) is 7.44. The summed E-state index contributed by atoms with van der Waals surface area (Å²) in [7, 11) is 0. The van der Waals surface area contributed by atoms with Crippen molar-refractivity contribution in [2.24, 2.45) is 23.5 Å². The Morgan fingerprint density at radius 3 is 2.68 bits per heavy atom. The van der Waals surface area contributed by atoms with Crippen molar-refractivity contribution >= 4 is 5.91 Å². The second-order valence-electron chi connectivity index (χ2n) is 6.32. The van der Waals surface area contributed by atoms with Crippen molar-refractivity contribution in [3.05, 3.63) is 0 Å². The number of unbranched alkanes of at least 4 members (excludes halogenated alkanes) is 1. The molecule has 1 saturated carbocycles. The predicted molar refractivity (Wildman–Crippen MR) is 80.8 cm³/mol. The summed E-state index contributed by atoms with van der Waals surface area (Å²) in [5.74, 6) is 1.52. The minimum atomic E-state index is 0.184. The van der Waals surface area contributed by atoms with Gasteiger partial charge in [-0.1, -0.05) is 40.0 Å². The summed E-state index contributed by atoms with van der Waals surface area (Å²) in [6.45, 7) is 7.45. The van der Waals surface area contributed by atoms with Crippen molar-refractivity contribution in [1.82, 2.24) is 5.32 Å². The lowest BCUT2D eigenvalue weighted by Gasteiger charge is -2.31. The number of nitrogens with two attached hydrogens (primary N) is 1. The molecule has 0 aromatic rings. The third-order valence-corrected chi connectivity index (χ3v) is 4.65. The highest BCUT2D eigenvalue weighted by atomic mass is 16.1. The van der Waals surface area contributed by atoms with Gasteiger partial charge in [-0.15, -0.1) is 0 Å². The highest BCUT2D eigenvalue weighted by Gasteiger charge is 2.30. The average molecular weight is 268 g/mol. The van der Waals surface area contributed by atoms with Gasteiger partial charge >= 0.3 is 0 Å². The fraction of sp³-hybridized carbons (Fsp3) is 0.938. The molecule has 0 spiro atoms. The summed E-state index contributed by atoms with van der Waals surface area (Å²) in [6, 6.07) is 0.298. The fourth-order valence-electron chi connectivity index (χ4n) is 3.15. The number of rotatable bonds is 7. The highest BCUT2D eigenvalue weighted by Crippen LogP contribution is 2.29. The van der Waals surface area contributed by atoms with E-state index in [1.807, 2.05) is 0 Å². The van der Waals surface area contributed by atoms with E-state index in [9.17, 15) is 4.79 Å². The summed E-state index contributed by atoms with van der Waals surface area (Å²) in [4.78, 5) is 12.3. The molecule has 1 aliphatic carbocycles. The number of carbonyl (C=O) groups is 1. The summed E-state index contributed by atoms with van der Waals surface area (Å²) in [5, 5.41) is 3.18. The molecule has 1 aliphatic rings. The standard InChI is InChI=1S/C16H32N2O/c1-4-6-7-13(5-2)11-18-16(19)15-9-8-14(17)10-12(15)3/h12-15H,4-11,17H2,1-3H3,(H,18,19). The molecule has 0 aliphatic heterocycles. The molecule has 3 N–H and O–H groups in total. The molecule has 0 aromatic heterocycles. The molecule has 19 heavy (non-hydrogen) atoms. The molecule has 3 heteroatoms. The molecule has 3 nitrogen and oxygen atoms in total. The van der Waals surface area contributed by atoms with Crippen LogP contribution in [0.15, 0.2) is 0 Å². The average Bonchev–Trinajstić information content (AvgIpc) is 2.38. The van der Waals surface area contributed by atoms with Gasteiger partial charge in [0.15, 0.2) is 0 Å². The molecule has 0 heterocycles. The first-order valence-corrected chi connectivity index (χ1v) is 8.11. The van der Waals surface area contributed by atoms with Gasteiger partial charge in [0.2, 0.25) is 5.91 Å². The first-order chi connectivity index (χ1) is 9.08. The van der Waals surface area contributed by atoms with Crippen molar-refractivity contribution in [2.75, 3.05) is 6.54 Å². The van der Waals surface area contributed by atoms with Gasteiger partial charge in [-0.2, -0.15) is 0 Å². The van der Waals surface area contributed by atoms with E-state index in [4.69, 9.17) is 5.73 Å². The quantitative estimate of drug-likeness (QED) is 0.745. The Balaban J connectivity index is 2.33. The van der Waals surface area contributed by atoms with Crippen LogP contribution in [0.4, 0.5) is 0 Å². The lowest BCUT2D eigenvalue weighted by Crippen LogP contribution is -2.42. The van der Waals surface area contributed by atoms with E-state index >= 15 is 0 Å². The predicted octanol–water partition coefficient (Wildman–Crippen LogP) is 3.08. The van der Waals surface area contributed by atoms with Crippen molar-refractivity contribution in [3.8, 4) is 0 Å². The maximum Gasteiger partial charge on any atom is 0.223 e. The number of amides is 1. The van der Waals surface area contributed by atoms with Crippen molar-refractivity contribution < 1.29 is 4.79 Å². The second-order valence-corrected chi connectivity index (χ2v) is 6.32. The van der Waals surface area contributed by atoms with Gasteiger partial charge in [-0.3, -0.25) is 4.79 Å². The van der Waals surface area contributed by atoms with E-state index in [0.717, 1.165) is 32.2 Å². The van der Waals surface area contributed by atoms with Crippen molar-refractivity contribution in [3.63, 3.8) is 0 Å². The molecule has 112 valence electrons. The minimum Gasteiger partial charge on any atom is -0.356 e. The Morgan fingerprint density at radius 2 is 2.11 bits per heavy atom. The second kappa shape index (κ2) is 8.57. The van der Waals surface area contributed by atoms with Crippen LogP contribution in [0.3, 0.4) is 0 Å². The minimum absolute atomic E-state index is 0.184. The zero-order valence-corrected chi connectivity index (χ0v) is 13.0. The van der Waals surface area contributed by atoms with E-state index in [0.29, 0.717) is 17.9 Å². The normalized spacial score (nSPS) is 28.9. The number of hydrogen-bond donors (Lipinski definition) is 2. The summed E-state index contributed by atoms with van der Waals surface area (Å²) < 4.78 is 0. The number of nitrogens with one attached hydrogen (secondary N) is 1. The molecule has 0 saturated heterocycles. The SMILES string of the molecule is CCCCC(CC)CNC(=O)C1CCC(N)CC1C. The van der Waals surface area contributed by atoms with Crippen LogP contribution >= 0.6 is 0 Å². The van der Waals surface area contributed by atoms with Gasteiger partial charge in [-0.05, 0) is 37.5 Å². The topological polar surface area (TPSA) is 55.1 Å². The molecule has 1 rings (SSSR count). The molecule has 0 bridgehead atoms. The van der Waals surface area contributed by atoms with Crippen LogP contribution in [-0.2, 0) is 4.79 Å². The highest BCUT2D eigenvalue weighted by molar-refractivity contribution is 5.79. The fourth-order valence-corrected chi connectivity index (χ4v) is 3.15. The zero-order chi connectivity index (χ0) is 14.3. The van der Waals surface area contributed by atoms with Gasteiger partial charge in [0, 0.05) is 18.5 Å². The molecule has 0 aromatic carbocycles. The van der Waals surface area contributed by atoms with Gasteiger partial charge < -0.3 is 11.1 Å². The molecule has 0 radical (unpaired) electrons. The van der Waals surface area contributed by atoms with Crippen LogP contribution in [0.2, 0.25) is 0 Å². The summed E-state index contributed by atoms with van der Waals surface area (Å²) >= 11 is 0. The third-order valence-electron chi connectivity index (χ3n) is 4.65. The molecule has 1 amide bonds. The molecule has 4 atom stereocenters.